The molecule has 1 unspecified atom stereocenters. The number of rotatable bonds is 1. The average Bonchev–Trinajstić information content (AvgIpc) is 1.97. The molecule has 0 aromatic carbocycles. The van der Waals surface area contributed by atoms with Crippen molar-refractivity contribution in [2.45, 2.75) is 40.7 Å². The zero-order valence-corrected chi connectivity index (χ0v) is 11.3. The standard InChI is InChI=1S/C3H8NO.2C2H6.CH3.Re/c1-3(4)2-5;2*1-2;;/h3-5H,2H2,1H3;2*1-2H3;1H3;/q-1;;;-1;. The summed E-state index contributed by atoms with van der Waals surface area (Å²) in [5.41, 5.74) is 6.58. The summed E-state index contributed by atoms with van der Waals surface area (Å²) < 4.78 is 0. The summed E-state index contributed by atoms with van der Waals surface area (Å²) in [4.78, 5) is 0. The van der Waals surface area contributed by atoms with E-state index in [9.17, 15) is 0 Å². The van der Waals surface area contributed by atoms with Gasteiger partial charge in [0.1, 0.15) is 0 Å². The third kappa shape index (κ3) is 117. The molecular weight excluding hydrogens is 312 g/mol. The predicted molar refractivity (Wildman–Crippen MR) is 50.0 cm³/mol. The summed E-state index contributed by atoms with van der Waals surface area (Å²) in [5, 5.41) is 7.96. The Bertz CT molecular complexity index is 28.1. The number of nitrogens with one attached hydrogen (secondary N) is 1. The summed E-state index contributed by atoms with van der Waals surface area (Å²) in [6, 6.07) is -0.310. The Morgan fingerprint density at radius 3 is 1.27 bits per heavy atom. The van der Waals surface area contributed by atoms with Gasteiger partial charge < -0.3 is 18.3 Å². The van der Waals surface area contributed by atoms with E-state index in [1.165, 1.54) is 0 Å². The minimum atomic E-state index is -0.310. The second-order valence-electron chi connectivity index (χ2n) is 1.08. The first kappa shape index (κ1) is 29.9. The largest absolute Gasteiger partial charge is 0.673 e. The Balaban J connectivity index is -0.0000000178. The number of hydrogen-bond donors (Lipinski definition) is 1. The van der Waals surface area contributed by atoms with Gasteiger partial charge in [-0.1, -0.05) is 34.6 Å². The maximum Gasteiger partial charge on any atom is 0.0266 e. The maximum atomic E-state index is 7.96. The van der Waals surface area contributed by atoms with Gasteiger partial charge in [0.25, 0.3) is 0 Å². The van der Waals surface area contributed by atoms with Crippen LogP contribution >= 0.6 is 0 Å². The van der Waals surface area contributed by atoms with E-state index in [0.29, 0.717) is 0 Å². The van der Waals surface area contributed by atoms with Crippen molar-refractivity contribution < 1.29 is 25.5 Å². The van der Waals surface area contributed by atoms with E-state index in [4.69, 9.17) is 10.8 Å². The quantitative estimate of drug-likeness (QED) is 0.736. The smallest absolute Gasteiger partial charge is 0.0266 e. The molecule has 1 radical (unpaired) electrons. The summed E-state index contributed by atoms with van der Waals surface area (Å²) in [5.74, 6) is 0. The SMILES string of the molecule is CC.CC.CC([NH-])CO.[CH3-].[Re]. The molecule has 3 heteroatoms. The summed E-state index contributed by atoms with van der Waals surface area (Å²) in [6.07, 6.45) is 0. The van der Waals surface area contributed by atoms with Gasteiger partial charge in [0.05, 0.1) is 0 Å². The summed E-state index contributed by atoms with van der Waals surface area (Å²) >= 11 is 0. The number of hydrogen-bond acceptors (Lipinski definition) is 1. The van der Waals surface area contributed by atoms with Gasteiger partial charge >= 0.3 is 0 Å². The molecule has 1 atom stereocenters. The fourth-order valence-electron chi connectivity index (χ4n) is 0. The van der Waals surface area contributed by atoms with Crippen LogP contribution < -0.4 is 0 Å². The van der Waals surface area contributed by atoms with Crippen molar-refractivity contribution in [1.29, 1.82) is 0 Å². The van der Waals surface area contributed by atoms with Crippen LogP contribution in [0.4, 0.5) is 0 Å². The third-order valence-electron chi connectivity index (χ3n) is 0.274. The van der Waals surface area contributed by atoms with E-state index in [-0.39, 0.29) is 40.5 Å². The summed E-state index contributed by atoms with van der Waals surface area (Å²) in [6.45, 7) is 9.61. The van der Waals surface area contributed by atoms with Crippen LogP contribution in [0.3, 0.4) is 0 Å². The van der Waals surface area contributed by atoms with Gasteiger partial charge in [0, 0.05) is 27.0 Å². The van der Waals surface area contributed by atoms with Crippen molar-refractivity contribution in [3.63, 3.8) is 0 Å². The van der Waals surface area contributed by atoms with Crippen molar-refractivity contribution in [1.82, 2.24) is 0 Å². The van der Waals surface area contributed by atoms with E-state index < -0.39 is 0 Å². The molecule has 0 aromatic heterocycles. The van der Waals surface area contributed by atoms with Crippen LogP contribution in [0.2, 0.25) is 0 Å². The molecule has 0 rings (SSSR count). The van der Waals surface area contributed by atoms with Crippen LogP contribution in [0.1, 0.15) is 34.6 Å². The van der Waals surface area contributed by atoms with Gasteiger partial charge in [0.2, 0.25) is 0 Å². The fourth-order valence-corrected chi connectivity index (χ4v) is 0. The Hall–Kier alpha value is 0.582. The molecule has 75 valence electrons. The minimum absolute atomic E-state index is 0. The van der Waals surface area contributed by atoms with Crippen LogP contribution in [-0.4, -0.2) is 17.8 Å². The van der Waals surface area contributed by atoms with Gasteiger partial charge in [-0.3, -0.25) is 0 Å². The molecule has 0 amide bonds. The van der Waals surface area contributed by atoms with Gasteiger partial charge in [-0.25, -0.2) is 0 Å². The monoisotopic (exact) mass is 336 g/mol. The Kier molecular flexibility index (Phi) is 126. The Morgan fingerprint density at radius 2 is 1.27 bits per heavy atom. The van der Waals surface area contributed by atoms with Gasteiger partial charge in [-0.05, 0) is 0 Å². The van der Waals surface area contributed by atoms with E-state index in [1.54, 1.807) is 6.92 Å². The second-order valence-corrected chi connectivity index (χ2v) is 1.08. The first-order chi connectivity index (χ1) is 4.27. The van der Waals surface area contributed by atoms with E-state index in [0.717, 1.165) is 0 Å². The molecule has 0 fully saturated rings. The van der Waals surface area contributed by atoms with E-state index in [2.05, 4.69) is 0 Å². The predicted octanol–water partition coefficient (Wildman–Crippen LogP) is 2.92. The molecule has 0 saturated heterocycles. The zero-order chi connectivity index (χ0) is 8.28. The number of aliphatic hydroxyl groups excluding tert-OH is 1. The molecule has 0 spiro atoms. The van der Waals surface area contributed by atoms with Crippen molar-refractivity contribution in [2.24, 2.45) is 0 Å². The van der Waals surface area contributed by atoms with Gasteiger partial charge in [-0.2, -0.15) is 0 Å². The van der Waals surface area contributed by atoms with Crippen LogP contribution in [0.15, 0.2) is 0 Å². The molecule has 0 bridgehead atoms. The first-order valence-electron chi connectivity index (χ1n) is 3.59. The van der Waals surface area contributed by atoms with E-state index in [1.807, 2.05) is 27.7 Å². The van der Waals surface area contributed by atoms with Crippen LogP contribution in [0.25, 0.3) is 5.73 Å². The van der Waals surface area contributed by atoms with Crippen molar-refractivity contribution >= 4 is 0 Å². The summed E-state index contributed by atoms with van der Waals surface area (Å²) in [7, 11) is 0. The van der Waals surface area contributed by atoms with Gasteiger partial charge in [-0.15, -0.1) is 6.04 Å². The molecule has 0 heterocycles. The molecule has 0 aromatic rings. The van der Waals surface area contributed by atoms with Crippen LogP contribution in [0.5, 0.6) is 0 Å². The minimum Gasteiger partial charge on any atom is -0.673 e. The first-order valence-corrected chi connectivity index (χ1v) is 3.59. The van der Waals surface area contributed by atoms with Crippen molar-refractivity contribution in [3.05, 3.63) is 13.2 Å². The van der Waals surface area contributed by atoms with Crippen LogP contribution in [0, 0.1) is 7.43 Å². The molecule has 11 heavy (non-hydrogen) atoms. The Labute approximate surface area is 86.2 Å². The van der Waals surface area contributed by atoms with Crippen molar-refractivity contribution in [3.8, 4) is 0 Å². The maximum absolute atomic E-state index is 7.96. The van der Waals surface area contributed by atoms with E-state index >= 15 is 0 Å². The Morgan fingerprint density at radius 1 is 1.18 bits per heavy atom. The van der Waals surface area contributed by atoms with Crippen molar-refractivity contribution in [2.75, 3.05) is 6.61 Å². The van der Waals surface area contributed by atoms with Crippen LogP contribution in [-0.2, 0) is 20.4 Å². The molecular formula is C8H23NORe-2. The molecule has 0 aliphatic rings. The molecule has 0 aliphatic heterocycles. The fraction of sp³-hybridized carbons (Fsp3) is 0.875. The normalized spacial score (nSPS) is 7.91. The molecule has 0 saturated carbocycles. The molecule has 2 nitrogen and oxygen atoms in total. The molecule has 0 aliphatic carbocycles. The second kappa shape index (κ2) is 46.3. The third-order valence-corrected chi connectivity index (χ3v) is 0.274. The van der Waals surface area contributed by atoms with Gasteiger partial charge in [0.15, 0.2) is 0 Å². The molecule has 2 N–H and O–H groups in total. The topological polar surface area (TPSA) is 44.0 Å². The average molecular weight is 335 g/mol. The zero-order valence-electron chi connectivity index (χ0n) is 8.61. The number of aliphatic hydroxyl groups is 1.